The van der Waals surface area contributed by atoms with Gasteiger partial charge in [0.05, 0.1) is 13.4 Å². The van der Waals surface area contributed by atoms with Gasteiger partial charge in [-0.25, -0.2) is 4.68 Å². The topological polar surface area (TPSA) is 65.1 Å². The van der Waals surface area contributed by atoms with E-state index in [0.717, 1.165) is 22.8 Å². The Kier molecular flexibility index (Phi) is 3.15. The molecule has 1 N–H and O–H groups in total. The first-order valence-electron chi connectivity index (χ1n) is 7.34. The zero-order chi connectivity index (χ0) is 15.8. The maximum absolute atomic E-state index is 5.58. The number of ether oxygens (including phenoxy) is 1. The van der Waals surface area contributed by atoms with E-state index in [9.17, 15) is 0 Å². The molecule has 0 fully saturated rings. The van der Waals surface area contributed by atoms with Gasteiger partial charge in [0.25, 0.3) is 0 Å². The predicted molar refractivity (Wildman–Crippen MR) is 86.2 cm³/mol. The number of fused-ring (bicyclic) bond motifs is 1. The normalized spacial score (nSPS) is 16.4. The second-order valence-corrected chi connectivity index (χ2v) is 5.32. The molecule has 2 aromatic heterocycles. The summed E-state index contributed by atoms with van der Waals surface area (Å²) >= 11 is 0. The highest BCUT2D eigenvalue weighted by Crippen LogP contribution is 2.32. The Hall–Kier alpha value is -3.02. The zero-order valence-electron chi connectivity index (χ0n) is 12.9. The minimum absolute atomic E-state index is 0.125. The SMILES string of the molecule is COc1ccc(C2=C[C@H](c3ccco3)n3nc(C)nc3N2)cc1. The molecule has 0 spiro atoms. The van der Waals surface area contributed by atoms with Gasteiger partial charge in [0.15, 0.2) is 0 Å². The number of anilines is 1. The summed E-state index contributed by atoms with van der Waals surface area (Å²) in [6.07, 6.45) is 3.75. The Balaban J connectivity index is 1.78. The summed E-state index contributed by atoms with van der Waals surface area (Å²) in [6, 6.07) is 11.6. The lowest BCUT2D eigenvalue weighted by molar-refractivity contribution is 0.415. The largest absolute Gasteiger partial charge is 0.497 e. The van der Waals surface area contributed by atoms with Gasteiger partial charge in [0.1, 0.15) is 23.4 Å². The van der Waals surface area contributed by atoms with Crippen molar-refractivity contribution in [3.8, 4) is 5.75 Å². The molecule has 3 aromatic rings. The molecule has 6 heteroatoms. The first kappa shape index (κ1) is 13.6. The molecule has 0 bridgehead atoms. The number of hydrogen-bond acceptors (Lipinski definition) is 5. The molecule has 23 heavy (non-hydrogen) atoms. The Morgan fingerprint density at radius 3 is 2.74 bits per heavy atom. The second-order valence-electron chi connectivity index (χ2n) is 5.32. The van der Waals surface area contributed by atoms with E-state index in [2.05, 4.69) is 21.5 Å². The summed E-state index contributed by atoms with van der Waals surface area (Å²) in [5, 5.41) is 7.79. The van der Waals surface area contributed by atoms with Crippen molar-refractivity contribution in [2.24, 2.45) is 0 Å². The quantitative estimate of drug-likeness (QED) is 0.804. The molecule has 1 aliphatic heterocycles. The van der Waals surface area contributed by atoms with E-state index in [1.165, 1.54) is 0 Å². The molecular weight excluding hydrogens is 292 g/mol. The number of nitrogens with one attached hydrogen (secondary N) is 1. The predicted octanol–water partition coefficient (Wildman–Crippen LogP) is 3.24. The number of aromatic nitrogens is 3. The van der Waals surface area contributed by atoms with E-state index in [1.807, 2.05) is 48.0 Å². The van der Waals surface area contributed by atoms with Gasteiger partial charge in [-0.1, -0.05) is 0 Å². The van der Waals surface area contributed by atoms with Crippen molar-refractivity contribution in [1.29, 1.82) is 0 Å². The van der Waals surface area contributed by atoms with Crippen LogP contribution in [0.1, 0.15) is 23.2 Å². The lowest BCUT2D eigenvalue weighted by Gasteiger charge is -2.22. The van der Waals surface area contributed by atoms with Crippen molar-refractivity contribution in [3.63, 3.8) is 0 Å². The minimum atomic E-state index is -0.125. The summed E-state index contributed by atoms with van der Waals surface area (Å²) in [5.74, 6) is 3.07. The molecule has 1 aliphatic rings. The molecule has 0 unspecified atom stereocenters. The van der Waals surface area contributed by atoms with Gasteiger partial charge in [-0.15, -0.1) is 0 Å². The molecule has 0 saturated heterocycles. The maximum Gasteiger partial charge on any atom is 0.226 e. The summed E-state index contributed by atoms with van der Waals surface area (Å²) in [5.41, 5.74) is 2.02. The van der Waals surface area contributed by atoms with Gasteiger partial charge in [0, 0.05) is 5.70 Å². The van der Waals surface area contributed by atoms with E-state index in [0.29, 0.717) is 11.8 Å². The summed E-state index contributed by atoms with van der Waals surface area (Å²) in [4.78, 5) is 4.45. The van der Waals surface area contributed by atoms with Crippen molar-refractivity contribution >= 4 is 11.6 Å². The number of furan rings is 1. The molecule has 1 aromatic carbocycles. The zero-order valence-corrected chi connectivity index (χ0v) is 12.9. The highest BCUT2D eigenvalue weighted by Gasteiger charge is 2.26. The Labute approximate surface area is 133 Å². The van der Waals surface area contributed by atoms with Crippen molar-refractivity contribution in [1.82, 2.24) is 14.8 Å². The Morgan fingerprint density at radius 2 is 2.04 bits per heavy atom. The van der Waals surface area contributed by atoms with Gasteiger partial charge in [-0.2, -0.15) is 10.1 Å². The smallest absolute Gasteiger partial charge is 0.226 e. The van der Waals surface area contributed by atoms with Crippen molar-refractivity contribution in [2.75, 3.05) is 12.4 Å². The van der Waals surface area contributed by atoms with Crippen LogP contribution in [0.3, 0.4) is 0 Å². The highest BCUT2D eigenvalue weighted by atomic mass is 16.5. The highest BCUT2D eigenvalue weighted by molar-refractivity contribution is 5.77. The van der Waals surface area contributed by atoms with Crippen molar-refractivity contribution in [3.05, 3.63) is 65.9 Å². The fraction of sp³-hybridized carbons (Fsp3) is 0.176. The van der Waals surface area contributed by atoms with Crippen LogP contribution in [0.4, 0.5) is 5.95 Å². The van der Waals surface area contributed by atoms with Crippen LogP contribution in [0.15, 0.2) is 53.2 Å². The molecule has 0 aliphatic carbocycles. The van der Waals surface area contributed by atoms with Crippen LogP contribution in [-0.4, -0.2) is 21.9 Å². The fourth-order valence-electron chi connectivity index (χ4n) is 2.70. The monoisotopic (exact) mass is 308 g/mol. The van der Waals surface area contributed by atoms with Gasteiger partial charge >= 0.3 is 0 Å². The maximum atomic E-state index is 5.58. The van der Waals surface area contributed by atoms with Crippen LogP contribution < -0.4 is 10.1 Å². The lowest BCUT2D eigenvalue weighted by atomic mass is 10.1. The van der Waals surface area contributed by atoms with E-state index >= 15 is 0 Å². The van der Waals surface area contributed by atoms with E-state index < -0.39 is 0 Å². The number of methoxy groups -OCH3 is 1. The minimum Gasteiger partial charge on any atom is -0.497 e. The second kappa shape index (κ2) is 5.31. The summed E-state index contributed by atoms with van der Waals surface area (Å²) in [7, 11) is 1.66. The van der Waals surface area contributed by atoms with Crippen LogP contribution in [0, 0.1) is 6.92 Å². The van der Waals surface area contributed by atoms with Crippen molar-refractivity contribution < 1.29 is 9.15 Å². The number of benzene rings is 1. The molecule has 0 amide bonds. The third-order valence-electron chi connectivity index (χ3n) is 3.81. The number of allylic oxidation sites excluding steroid dienone is 1. The number of nitrogens with zero attached hydrogens (tertiary/aromatic N) is 3. The van der Waals surface area contributed by atoms with Crippen molar-refractivity contribution in [2.45, 2.75) is 13.0 Å². The summed E-state index contributed by atoms with van der Waals surface area (Å²) in [6.45, 7) is 1.87. The van der Waals surface area contributed by atoms with Crippen LogP contribution in [-0.2, 0) is 0 Å². The molecule has 1 atom stereocenters. The third-order valence-corrected chi connectivity index (χ3v) is 3.81. The Morgan fingerprint density at radius 1 is 1.22 bits per heavy atom. The van der Waals surface area contributed by atoms with E-state index in [1.54, 1.807) is 13.4 Å². The lowest BCUT2D eigenvalue weighted by Crippen LogP contribution is -2.19. The number of hydrogen-bond donors (Lipinski definition) is 1. The molecule has 0 radical (unpaired) electrons. The van der Waals surface area contributed by atoms with Gasteiger partial charge in [0.2, 0.25) is 5.95 Å². The summed E-state index contributed by atoms with van der Waals surface area (Å²) < 4.78 is 12.6. The first-order chi connectivity index (χ1) is 11.2. The van der Waals surface area contributed by atoms with E-state index in [4.69, 9.17) is 9.15 Å². The van der Waals surface area contributed by atoms with Gasteiger partial charge in [-0.05, 0) is 55.0 Å². The fourth-order valence-corrected chi connectivity index (χ4v) is 2.70. The average molecular weight is 308 g/mol. The van der Waals surface area contributed by atoms with Crippen LogP contribution in [0.5, 0.6) is 5.75 Å². The number of rotatable bonds is 3. The molecule has 0 saturated carbocycles. The molecule has 6 nitrogen and oxygen atoms in total. The molecule has 3 heterocycles. The molecule has 116 valence electrons. The van der Waals surface area contributed by atoms with Gasteiger partial charge in [-0.3, -0.25) is 0 Å². The Bertz CT molecular complexity index is 847. The third kappa shape index (κ3) is 2.38. The van der Waals surface area contributed by atoms with Crippen LogP contribution in [0.2, 0.25) is 0 Å². The van der Waals surface area contributed by atoms with Crippen LogP contribution >= 0.6 is 0 Å². The van der Waals surface area contributed by atoms with Crippen LogP contribution in [0.25, 0.3) is 5.70 Å². The van der Waals surface area contributed by atoms with E-state index in [-0.39, 0.29) is 6.04 Å². The number of aryl methyl sites for hydroxylation is 1. The average Bonchev–Trinajstić information content (AvgIpc) is 3.22. The first-order valence-corrected chi connectivity index (χ1v) is 7.34. The van der Waals surface area contributed by atoms with Gasteiger partial charge < -0.3 is 14.5 Å². The molecular formula is C17H16N4O2. The standard InChI is InChI=1S/C17H16N4O2/c1-11-18-17-19-14(12-5-7-13(22-2)8-6-12)10-15(21(17)20-11)16-4-3-9-23-16/h3-10,15H,1-2H3,(H,18,19,20)/t15-/m1/s1. The molecule has 4 rings (SSSR count).